The molecule has 0 saturated carbocycles. The number of halogens is 1. The van der Waals surface area contributed by atoms with Crippen LogP contribution in [0, 0.1) is 6.92 Å². The number of aromatic nitrogens is 2. The van der Waals surface area contributed by atoms with E-state index < -0.39 is 5.60 Å². The van der Waals surface area contributed by atoms with Crippen molar-refractivity contribution in [1.82, 2.24) is 14.7 Å². The highest BCUT2D eigenvalue weighted by atomic mass is 79.9. The minimum absolute atomic E-state index is 0.593. The molecule has 0 amide bonds. The summed E-state index contributed by atoms with van der Waals surface area (Å²) in [6.07, 6.45) is 4.70. The molecule has 2 rings (SSSR count). The Balaban J connectivity index is 2.11. The van der Waals surface area contributed by atoms with E-state index in [0.29, 0.717) is 6.42 Å². The van der Waals surface area contributed by atoms with Crippen LogP contribution in [0.15, 0.2) is 4.47 Å². The summed E-state index contributed by atoms with van der Waals surface area (Å²) in [4.78, 5) is 2.48. The molecule has 1 aromatic rings. The lowest BCUT2D eigenvalue weighted by atomic mass is 9.89. The van der Waals surface area contributed by atoms with E-state index in [1.165, 1.54) is 6.42 Å². The fourth-order valence-corrected chi connectivity index (χ4v) is 3.73. The topological polar surface area (TPSA) is 41.3 Å². The van der Waals surface area contributed by atoms with Crippen molar-refractivity contribution in [3.05, 3.63) is 15.9 Å². The quantitative estimate of drug-likeness (QED) is 0.879. The van der Waals surface area contributed by atoms with Crippen molar-refractivity contribution in [1.29, 1.82) is 0 Å². The Hall–Kier alpha value is -0.390. The van der Waals surface area contributed by atoms with Gasteiger partial charge in [-0.2, -0.15) is 5.10 Å². The molecule has 1 N–H and O–H groups in total. The molecule has 21 heavy (non-hydrogen) atoms. The second kappa shape index (κ2) is 7.25. The average molecular weight is 358 g/mol. The molecule has 0 aromatic carbocycles. The third kappa shape index (κ3) is 4.08. The third-order valence-corrected chi connectivity index (χ3v) is 5.53. The number of nitrogens with zero attached hydrogens (tertiary/aromatic N) is 3. The molecule has 0 bridgehead atoms. The molecule has 1 atom stereocenters. The zero-order chi connectivity index (χ0) is 15.5. The highest BCUT2D eigenvalue weighted by Gasteiger charge is 2.32. The van der Waals surface area contributed by atoms with Gasteiger partial charge in [0.25, 0.3) is 0 Å². The van der Waals surface area contributed by atoms with Crippen molar-refractivity contribution in [2.24, 2.45) is 0 Å². The molecule has 1 fully saturated rings. The molecule has 1 aliphatic heterocycles. The summed E-state index contributed by atoms with van der Waals surface area (Å²) in [6, 6.07) is 0. The maximum Gasteiger partial charge on any atom is 0.0738 e. The Bertz CT molecular complexity index is 474. The molecule has 1 unspecified atom stereocenters. The van der Waals surface area contributed by atoms with Gasteiger partial charge in [-0.05, 0) is 68.6 Å². The largest absolute Gasteiger partial charge is 0.389 e. The number of rotatable bonds is 5. The van der Waals surface area contributed by atoms with E-state index in [-0.39, 0.29) is 0 Å². The maximum atomic E-state index is 11.1. The maximum absolute atomic E-state index is 11.1. The summed E-state index contributed by atoms with van der Waals surface area (Å²) in [6.45, 7) is 10.4. The monoisotopic (exact) mass is 357 g/mol. The van der Waals surface area contributed by atoms with Gasteiger partial charge < -0.3 is 10.0 Å². The van der Waals surface area contributed by atoms with Gasteiger partial charge in [0.2, 0.25) is 0 Å². The first-order valence-corrected chi connectivity index (χ1v) is 8.95. The first-order valence-electron chi connectivity index (χ1n) is 8.15. The van der Waals surface area contributed by atoms with Gasteiger partial charge in [0.15, 0.2) is 0 Å². The van der Waals surface area contributed by atoms with E-state index in [4.69, 9.17) is 0 Å². The number of hydrogen-bond acceptors (Lipinski definition) is 3. The van der Waals surface area contributed by atoms with E-state index in [1.54, 1.807) is 0 Å². The molecule has 0 spiro atoms. The van der Waals surface area contributed by atoms with E-state index in [2.05, 4.69) is 39.8 Å². The normalized spacial score (nSPS) is 24.2. The molecular formula is C16H28BrN3O. The molecule has 4 nitrogen and oxygen atoms in total. The Morgan fingerprint density at radius 2 is 2.05 bits per heavy atom. The summed E-state index contributed by atoms with van der Waals surface area (Å²) in [5, 5.41) is 15.6. The van der Waals surface area contributed by atoms with E-state index in [1.807, 2.05) is 11.6 Å². The van der Waals surface area contributed by atoms with Crippen molar-refractivity contribution in [3.8, 4) is 0 Å². The van der Waals surface area contributed by atoms with Gasteiger partial charge in [0.1, 0.15) is 0 Å². The van der Waals surface area contributed by atoms with Crippen LogP contribution >= 0.6 is 15.9 Å². The lowest BCUT2D eigenvalue weighted by molar-refractivity contribution is 0.0237. The Morgan fingerprint density at radius 3 is 2.71 bits per heavy atom. The highest BCUT2D eigenvalue weighted by molar-refractivity contribution is 9.10. The van der Waals surface area contributed by atoms with Crippen molar-refractivity contribution >= 4 is 15.9 Å². The minimum atomic E-state index is -0.593. The summed E-state index contributed by atoms with van der Waals surface area (Å²) in [5.74, 6) is 0. The summed E-state index contributed by atoms with van der Waals surface area (Å²) in [5.41, 5.74) is 1.56. The van der Waals surface area contributed by atoms with Gasteiger partial charge in [0, 0.05) is 19.5 Å². The van der Waals surface area contributed by atoms with Gasteiger partial charge in [-0.25, -0.2) is 0 Å². The van der Waals surface area contributed by atoms with E-state index >= 15 is 0 Å². The van der Waals surface area contributed by atoms with Crippen LogP contribution < -0.4 is 0 Å². The smallest absolute Gasteiger partial charge is 0.0738 e. The van der Waals surface area contributed by atoms with Crippen LogP contribution in [0.4, 0.5) is 0 Å². The van der Waals surface area contributed by atoms with Crippen molar-refractivity contribution < 1.29 is 5.11 Å². The number of hydrogen-bond donors (Lipinski definition) is 1. The fourth-order valence-electron chi connectivity index (χ4n) is 3.30. The zero-order valence-corrected chi connectivity index (χ0v) is 15.1. The molecule has 2 heterocycles. The van der Waals surface area contributed by atoms with Crippen LogP contribution in [-0.4, -0.2) is 45.0 Å². The summed E-state index contributed by atoms with van der Waals surface area (Å²) < 4.78 is 3.08. The second-order valence-corrected chi connectivity index (χ2v) is 7.05. The molecule has 5 heteroatoms. The molecule has 1 aromatic heterocycles. The van der Waals surface area contributed by atoms with Crippen molar-refractivity contribution in [2.75, 3.05) is 19.6 Å². The zero-order valence-electron chi connectivity index (χ0n) is 13.5. The standard InChI is InChI=1S/C16H28BrN3O/c1-4-9-19-10-6-7-16(21,8-11-19)12-14-15(17)13(3)18-20(14)5-2/h21H,4-12H2,1-3H3. The predicted octanol–water partition coefficient (Wildman–Crippen LogP) is 3.14. The van der Waals surface area contributed by atoms with Crippen LogP contribution in [0.2, 0.25) is 0 Å². The molecule has 1 aliphatic rings. The van der Waals surface area contributed by atoms with Gasteiger partial charge in [-0.15, -0.1) is 0 Å². The second-order valence-electron chi connectivity index (χ2n) is 6.26. The van der Waals surface area contributed by atoms with Crippen LogP contribution in [0.3, 0.4) is 0 Å². The first-order chi connectivity index (χ1) is 9.99. The molecular weight excluding hydrogens is 330 g/mol. The van der Waals surface area contributed by atoms with Crippen molar-refractivity contribution in [3.63, 3.8) is 0 Å². The lowest BCUT2D eigenvalue weighted by Crippen LogP contribution is -2.34. The van der Waals surface area contributed by atoms with Crippen LogP contribution in [-0.2, 0) is 13.0 Å². The number of aliphatic hydroxyl groups is 1. The molecule has 0 aliphatic carbocycles. The van der Waals surface area contributed by atoms with Gasteiger partial charge in [-0.1, -0.05) is 6.92 Å². The Labute approximate surface area is 136 Å². The Kier molecular flexibility index (Phi) is 5.86. The third-order valence-electron chi connectivity index (χ3n) is 4.50. The van der Waals surface area contributed by atoms with Crippen LogP contribution in [0.25, 0.3) is 0 Å². The minimum Gasteiger partial charge on any atom is -0.389 e. The first kappa shape index (κ1) is 17.0. The van der Waals surface area contributed by atoms with Crippen LogP contribution in [0.5, 0.6) is 0 Å². The SMILES string of the molecule is CCCN1CCCC(O)(Cc2c(Br)c(C)nn2CC)CC1. The summed E-state index contributed by atoms with van der Waals surface area (Å²) in [7, 11) is 0. The highest BCUT2D eigenvalue weighted by Crippen LogP contribution is 2.31. The van der Waals surface area contributed by atoms with Crippen molar-refractivity contribution in [2.45, 2.75) is 65.0 Å². The van der Waals surface area contributed by atoms with Gasteiger partial charge in [-0.3, -0.25) is 4.68 Å². The number of aryl methyl sites for hydroxylation is 2. The van der Waals surface area contributed by atoms with Crippen LogP contribution in [0.1, 0.15) is 50.9 Å². The van der Waals surface area contributed by atoms with E-state index in [9.17, 15) is 5.11 Å². The van der Waals surface area contributed by atoms with Gasteiger partial charge in [0.05, 0.1) is 21.5 Å². The molecule has 1 saturated heterocycles. The Morgan fingerprint density at radius 1 is 1.29 bits per heavy atom. The fraction of sp³-hybridized carbons (Fsp3) is 0.812. The number of likely N-dealkylation sites (tertiary alicyclic amines) is 1. The van der Waals surface area contributed by atoms with Gasteiger partial charge >= 0.3 is 0 Å². The van der Waals surface area contributed by atoms with E-state index in [0.717, 1.165) is 61.3 Å². The average Bonchev–Trinajstić information content (AvgIpc) is 2.62. The molecule has 120 valence electrons. The molecule has 0 radical (unpaired) electrons. The summed E-state index contributed by atoms with van der Waals surface area (Å²) >= 11 is 3.64. The predicted molar refractivity (Wildman–Crippen MR) is 89.6 cm³/mol. The lowest BCUT2D eigenvalue weighted by Gasteiger charge is -2.27.